The number of hydrogen-bond donors (Lipinski definition) is 2. The van der Waals surface area contributed by atoms with Crippen molar-refractivity contribution in [3.8, 4) is 6.07 Å². The van der Waals surface area contributed by atoms with Gasteiger partial charge in [0.15, 0.2) is 5.82 Å². The van der Waals surface area contributed by atoms with E-state index in [1.54, 1.807) is 35.1 Å². The van der Waals surface area contributed by atoms with Crippen molar-refractivity contribution in [1.29, 1.82) is 5.26 Å². The number of carbonyl (C=O) groups is 2. The molecule has 8 nitrogen and oxygen atoms in total. The van der Waals surface area contributed by atoms with Crippen LogP contribution in [0.2, 0.25) is 5.02 Å². The third kappa shape index (κ3) is 5.56. The molecule has 1 aromatic carbocycles. The lowest BCUT2D eigenvalue weighted by Crippen LogP contribution is -2.34. The van der Waals surface area contributed by atoms with Crippen LogP contribution in [0.15, 0.2) is 30.5 Å². The molecule has 3 rings (SSSR count). The fraction of sp³-hybridized carbons (Fsp3) is 0.455. The van der Waals surface area contributed by atoms with Crippen molar-refractivity contribution < 1.29 is 14.3 Å². The number of carbonyl (C=O) groups excluding carboxylic acids is 2. The third-order valence-corrected chi connectivity index (χ3v) is 5.42. The van der Waals surface area contributed by atoms with E-state index in [9.17, 15) is 14.9 Å². The molecule has 0 saturated heterocycles. The van der Waals surface area contributed by atoms with E-state index in [1.807, 2.05) is 20.8 Å². The molecule has 1 aromatic heterocycles. The Kier molecular flexibility index (Phi) is 6.56. The first kappa shape index (κ1) is 22.6. The van der Waals surface area contributed by atoms with Crippen molar-refractivity contribution in [2.45, 2.75) is 51.7 Å². The Balaban J connectivity index is 1.80. The van der Waals surface area contributed by atoms with Gasteiger partial charge in [0.25, 0.3) is 5.91 Å². The molecule has 3 atom stereocenters. The number of ether oxygens (including phenoxy) is 1. The standard InChI is InChI=1S/C22H26ClN5O3/c1-22(2,3)31-21(30)13-4-9-18(14(10-13)11-24)28-12-17(19(25)29)20(27-28)26-16-7-5-15(23)6-8-16/h5-8,12-14,18H,4,9-10H2,1-3H3,(H2,25,29)(H,26,27)/t13-,14+,18-/m0/s1. The van der Waals surface area contributed by atoms with Gasteiger partial charge in [0.2, 0.25) is 0 Å². The van der Waals surface area contributed by atoms with Crippen molar-refractivity contribution in [2.24, 2.45) is 17.6 Å². The number of rotatable bonds is 5. The number of hydrogen-bond acceptors (Lipinski definition) is 6. The number of anilines is 2. The van der Waals surface area contributed by atoms with E-state index >= 15 is 0 Å². The molecule has 0 aliphatic heterocycles. The molecule has 0 unspecified atom stereocenters. The average Bonchev–Trinajstić information content (AvgIpc) is 3.12. The highest BCUT2D eigenvalue weighted by molar-refractivity contribution is 6.30. The van der Waals surface area contributed by atoms with E-state index in [1.165, 1.54) is 0 Å². The van der Waals surface area contributed by atoms with Crippen LogP contribution in [-0.2, 0) is 9.53 Å². The van der Waals surface area contributed by atoms with E-state index in [-0.39, 0.29) is 23.5 Å². The van der Waals surface area contributed by atoms with Crippen LogP contribution in [0.1, 0.15) is 56.4 Å². The zero-order chi connectivity index (χ0) is 22.8. The Labute approximate surface area is 186 Å². The predicted octanol–water partition coefficient (Wildman–Crippen LogP) is 4.20. The lowest BCUT2D eigenvalue weighted by Gasteiger charge is -2.33. The molecule has 31 heavy (non-hydrogen) atoms. The quantitative estimate of drug-likeness (QED) is 0.667. The highest BCUT2D eigenvalue weighted by Crippen LogP contribution is 2.38. The number of nitrogens with zero attached hydrogens (tertiary/aromatic N) is 3. The zero-order valence-corrected chi connectivity index (χ0v) is 18.5. The van der Waals surface area contributed by atoms with Crippen LogP contribution < -0.4 is 11.1 Å². The second kappa shape index (κ2) is 8.98. The van der Waals surface area contributed by atoms with Crippen LogP contribution in [0.4, 0.5) is 11.5 Å². The first-order chi connectivity index (χ1) is 14.6. The minimum Gasteiger partial charge on any atom is -0.460 e. The van der Waals surface area contributed by atoms with Gasteiger partial charge in [-0.05, 0) is 64.3 Å². The molecule has 1 aliphatic rings. The minimum absolute atomic E-state index is 0.223. The Bertz CT molecular complexity index is 1000. The second-order valence-corrected chi connectivity index (χ2v) is 9.15. The highest BCUT2D eigenvalue weighted by atomic mass is 35.5. The van der Waals surface area contributed by atoms with Gasteiger partial charge < -0.3 is 15.8 Å². The Hall–Kier alpha value is -3.05. The molecule has 0 bridgehead atoms. The smallest absolute Gasteiger partial charge is 0.309 e. The molecule has 0 spiro atoms. The molecule has 1 heterocycles. The van der Waals surface area contributed by atoms with Gasteiger partial charge in [-0.1, -0.05) is 11.6 Å². The van der Waals surface area contributed by atoms with Crippen LogP contribution in [0.3, 0.4) is 0 Å². The SMILES string of the molecule is CC(C)(C)OC(=O)[C@H]1CC[C@H](n2cc(C(N)=O)c(Nc3ccc(Cl)cc3)n2)[C@@H](C#N)C1. The van der Waals surface area contributed by atoms with Gasteiger partial charge in [-0.25, -0.2) is 0 Å². The zero-order valence-electron chi connectivity index (χ0n) is 17.8. The van der Waals surface area contributed by atoms with Gasteiger partial charge in [0, 0.05) is 16.9 Å². The number of nitrogens with two attached hydrogens (primary N) is 1. The molecule has 3 N–H and O–H groups in total. The second-order valence-electron chi connectivity index (χ2n) is 8.71. The minimum atomic E-state index is -0.626. The monoisotopic (exact) mass is 443 g/mol. The van der Waals surface area contributed by atoms with Gasteiger partial charge in [0.1, 0.15) is 11.2 Å². The molecule has 1 amide bonds. The fourth-order valence-corrected chi connectivity index (χ4v) is 3.84. The maximum atomic E-state index is 12.5. The molecule has 1 aliphatic carbocycles. The first-order valence-electron chi connectivity index (χ1n) is 10.1. The number of nitriles is 1. The molecular formula is C22H26ClN5O3. The van der Waals surface area contributed by atoms with Gasteiger partial charge >= 0.3 is 5.97 Å². The fourth-order valence-electron chi connectivity index (χ4n) is 3.71. The van der Waals surface area contributed by atoms with E-state index in [0.717, 1.165) is 0 Å². The predicted molar refractivity (Wildman–Crippen MR) is 117 cm³/mol. The number of primary amides is 1. The van der Waals surface area contributed by atoms with Crippen LogP contribution in [0, 0.1) is 23.2 Å². The summed E-state index contributed by atoms with van der Waals surface area (Å²) < 4.78 is 7.10. The van der Waals surface area contributed by atoms with Crippen molar-refractivity contribution in [1.82, 2.24) is 9.78 Å². The van der Waals surface area contributed by atoms with E-state index in [0.29, 0.717) is 35.8 Å². The van der Waals surface area contributed by atoms with Gasteiger partial charge in [-0.15, -0.1) is 0 Å². The summed E-state index contributed by atoms with van der Waals surface area (Å²) in [6.45, 7) is 5.47. The molecule has 164 valence electrons. The summed E-state index contributed by atoms with van der Waals surface area (Å²) in [6.07, 6.45) is 3.07. The first-order valence-corrected chi connectivity index (χ1v) is 10.5. The van der Waals surface area contributed by atoms with Crippen molar-refractivity contribution in [2.75, 3.05) is 5.32 Å². The molecule has 1 fully saturated rings. The Morgan fingerprint density at radius 3 is 2.55 bits per heavy atom. The Morgan fingerprint density at radius 2 is 1.97 bits per heavy atom. The van der Waals surface area contributed by atoms with Crippen LogP contribution in [0.5, 0.6) is 0 Å². The summed E-state index contributed by atoms with van der Waals surface area (Å²) >= 11 is 5.92. The van der Waals surface area contributed by atoms with E-state index in [4.69, 9.17) is 22.1 Å². The van der Waals surface area contributed by atoms with Crippen LogP contribution in [-0.4, -0.2) is 27.3 Å². The summed E-state index contributed by atoms with van der Waals surface area (Å²) in [7, 11) is 0. The van der Waals surface area contributed by atoms with Crippen molar-refractivity contribution in [3.63, 3.8) is 0 Å². The van der Waals surface area contributed by atoms with Gasteiger partial charge in [-0.2, -0.15) is 10.4 Å². The topological polar surface area (TPSA) is 123 Å². The summed E-state index contributed by atoms with van der Waals surface area (Å²) in [6, 6.07) is 8.97. The van der Waals surface area contributed by atoms with E-state index < -0.39 is 17.4 Å². The summed E-state index contributed by atoms with van der Waals surface area (Å²) in [5, 5.41) is 17.9. The van der Waals surface area contributed by atoms with Gasteiger partial charge in [0.05, 0.1) is 23.9 Å². The third-order valence-electron chi connectivity index (χ3n) is 5.16. The maximum Gasteiger partial charge on any atom is 0.309 e. The molecule has 1 saturated carbocycles. The lowest BCUT2D eigenvalue weighted by molar-refractivity contribution is -0.161. The Morgan fingerprint density at radius 1 is 1.29 bits per heavy atom. The number of aromatic nitrogens is 2. The largest absolute Gasteiger partial charge is 0.460 e. The molecular weight excluding hydrogens is 418 g/mol. The van der Waals surface area contributed by atoms with Crippen LogP contribution >= 0.6 is 11.6 Å². The summed E-state index contributed by atoms with van der Waals surface area (Å²) in [5.74, 6) is -1.39. The van der Waals surface area contributed by atoms with Gasteiger partial charge in [-0.3, -0.25) is 14.3 Å². The number of halogens is 1. The van der Waals surface area contributed by atoms with Crippen molar-refractivity contribution >= 4 is 35.0 Å². The summed E-state index contributed by atoms with van der Waals surface area (Å²) in [5.41, 5.74) is 5.89. The molecule has 2 aromatic rings. The van der Waals surface area contributed by atoms with Crippen molar-refractivity contribution in [3.05, 3.63) is 41.0 Å². The highest BCUT2D eigenvalue weighted by Gasteiger charge is 2.38. The summed E-state index contributed by atoms with van der Waals surface area (Å²) in [4.78, 5) is 24.4. The number of amides is 1. The average molecular weight is 444 g/mol. The number of esters is 1. The maximum absolute atomic E-state index is 12.5. The normalized spacial score (nSPS) is 21.2. The van der Waals surface area contributed by atoms with Crippen LogP contribution in [0.25, 0.3) is 0 Å². The lowest BCUT2D eigenvalue weighted by atomic mass is 9.78. The number of nitrogens with one attached hydrogen (secondary N) is 1. The molecule has 9 heteroatoms. The van der Waals surface area contributed by atoms with E-state index in [2.05, 4.69) is 16.5 Å². The number of benzene rings is 1. The molecule has 0 radical (unpaired) electrons.